The Bertz CT molecular complexity index is 731. The second-order valence-electron chi connectivity index (χ2n) is 8.66. The van der Waals surface area contributed by atoms with E-state index in [-0.39, 0.29) is 12.3 Å². The Hall–Kier alpha value is -2.33. The Morgan fingerprint density at radius 2 is 1.22 bits per heavy atom. The SMILES string of the molecule is CCCCCCCCCCCCCCON(c1ccccc1)c1ccc(CC(N)=O)cc1. The van der Waals surface area contributed by atoms with Gasteiger partial charge in [0.15, 0.2) is 0 Å². The van der Waals surface area contributed by atoms with Gasteiger partial charge in [-0.05, 0) is 36.2 Å². The molecule has 0 aromatic heterocycles. The van der Waals surface area contributed by atoms with Crippen molar-refractivity contribution in [2.45, 2.75) is 90.4 Å². The van der Waals surface area contributed by atoms with E-state index < -0.39 is 0 Å². The quantitative estimate of drug-likeness (QED) is 0.194. The van der Waals surface area contributed by atoms with Crippen LogP contribution in [0.4, 0.5) is 11.4 Å². The highest BCUT2D eigenvalue weighted by Gasteiger charge is 2.10. The predicted molar refractivity (Wildman–Crippen MR) is 135 cm³/mol. The minimum atomic E-state index is -0.319. The van der Waals surface area contributed by atoms with E-state index in [1.165, 1.54) is 70.6 Å². The number of carbonyl (C=O) groups excluding carboxylic acids is 1. The van der Waals surface area contributed by atoms with Crippen molar-refractivity contribution >= 4 is 17.3 Å². The van der Waals surface area contributed by atoms with Crippen molar-refractivity contribution in [3.63, 3.8) is 0 Å². The first kappa shape index (κ1) is 25.9. The topological polar surface area (TPSA) is 55.6 Å². The van der Waals surface area contributed by atoms with Crippen LogP contribution in [0, 0.1) is 0 Å². The van der Waals surface area contributed by atoms with Gasteiger partial charge in [-0.15, -0.1) is 0 Å². The molecule has 176 valence electrons. The summed E-state index contributed by atoms with van der Waals surface area (Å²) < 4.78 is 0. The third kappa shape index (κ3) is 10.8. The molecule has 0 saturated carbocycles. The summed E-state index contributed by atoms with van der Waals surface area (Å²) in [6.45, 7) is 2.96. The molecular weight excluding hydrogens is 396 g/mol. The molecule has 2 rings (SSSR count). The van der Waals surface area contributed by atoms with E-state index in [4.69, 9.17) is 10.6 Å². The van der Waals surface area contributed by atoms with Gasteiger partial charge in [-0.2, -0.15) is 0 Å². The average Bonchev–Trinajstić information content (AvgIpc) is 2.80. The van der Waals surface area contributed by atoms with E-state index >= 15 is 0 Å². The van der Waals surface area contributed by atoms with E-state index in [1.54, 1.807) is 0 Å². The maximum absolute atomic E-state index is 11.1. The van der Waals surface area contributed by atoms with Gasteiger partial charge >= 0.3 is 0 Å². The minimum Gasteiger partial charge on any atom is -0.369 e. The number of amides is 1. The van der Waals surface area contributed by atoms with Gasteiger partial charge < -0.3 is 5.73 Å². The Morgan fingerprint density at radius 3 is 1.75 bits per heavy atom. The molecule has 0 fully saturated rings. The maximum atomic E-state index is 11.1. The lowest BCUT2D eigenvalue weighted by Gasteiger charge is -2.24. The van der Waals surface area contributed by atoms with Crippen LogP contribution in [0.2, 0.25) is 0 Å². The molecule has 0 aliphatic heterocycles. The average molecular weight is 439 g/mol. The third-order valence-corrected chi connectivity index (χ3v) is 5.76. The number of primary amides is 1. The van der Waals surface area contributed by atoms with Gasteiger partial charge in [0, 0.05) is 0 Å². The highest BCUT2D eigenvalue weighted by molar-refractivity contribution is 5.76. The van der Waals surface area contributed by atoms with E-state index in [9.17, 15) is 4.79 Å². The standard InChI is InChI=1S/C28H42N2O2/c1-2-3-4-5-6-7-8-9-10-11-12-16-23-32-30(26-17-14-13-15-18-26)27-21-19-25(20-22-27)24-28(29)31/h13-15,17-22H,2-12,16,23-24H2,1H3,(H2,29,31). The normalized spacial score (nSPS) is 10.9. The van der Waals surface area contributed by atoms with Crippen LogP contribution >= 0.6 is 0 Å². The monoisotopic (exact) mass is 438 g/mol. The number of benzene rings is 2. The Morgan fingerprint density at radius 1 is 0.719 bits per heavy atom. The maximum Gasteiger partial charge on any atom is 0.221 e. The van der Waals surface area contributed by atoms with E-state index in [2.05, 4.69) is 6.92 Å². The fourth-order valence-corrected chi connectivity index (χ4v) is 3.91. The molecule has 0 bridgehead atoms. The van der Waals surface area contributed by atoms with Gasteiger partial charge in [-0.3, -0.25) is 9.63 Å². The number of hydrogen-bond acceptors (Lipinski definition) is 3. The molecule has 0 heterocycles. The summed E-state index contributed by atoms with van der Waals surface area (Å²) in [5, 5.41) is 1.88. The smallest absolute Gasteiger partial charge is 0.221 e. The van der Waals surface area contributed by atoms with Crippen molar-refractivity contribution in [2.24, 2.45) is 5.73 Å². The molecule has 2 N–H and O–H groups in total. The van der Waals surface area contributed by atoms with Crippen molar-refractivity contribution in [1.29, 1.82) is 0 Å². The first-order chi connectivity index (χ1) is 15.7. The number of carbonyl (C=O) groups is 1. The largest absolute Gasteiger partial charge is 0.369 e. The van der Waals surface area contributed by atoms with Crippen LogP contribution < -0.4 is 10.8 Å². The molecule has 4 nitrogen and oxygen atoms in total. The van der Waals surface area contributed by atoms with Crippen LogP contribution in [0.1, 0.15) is 89.5 Å². The zero-order chi connectivity index (χ0) is 22.9. The van der Waals surface area contributed by atoms with Gasteiger partial charge in [0.2, 0.25) is 5.91 Å². The van der Waals surface area contributed by atoms with Crippen LogP contribution in [0.15, 0.2) is 54.6 Å². The lowest BCUT2D eigenvalue weighted by molar-refractivity contribution is -0.117. The zero-order valence-corrected chi connectivity index (χ0v) is 19.9. The fourth-order valence-electron chi connectivity index (χ4n) is 3.91. The molecular formula is C28H42N2O2. The van der Waals surface area contributed by atoms with E-state index in [0.29, 0.717) is 6.61 Å². The molecule has 4 heteroatoms. The first-order valence-corrected chi connectivity index (χ1v) is 12.6. The first-order valence-electron chi connectivity index (χ1n) is 12.6. The Labute approximate surface area is 195 Å². The van der Waals surface area contributed by atoms with E-state index in [1.807, 2.05) is 59.7 Å². The fraction of sp³-hybridized carbons (Fsp3) is 0.536. The number of para-hydroxylation sites is 1. The van der Waals surface area contributed by atoms with Gasteiger partial charge in [0.1, 0.15) is 0 Å². The molecule has 2 aromatic rings. The van der Waals surface area contributed by atoms with Crippen molar-refractivity contribution in [1.82, 2.24) is 0 Å². The van der Waals surface area contributed by atoms with Crippen molar-refractivity contribution in [3.8, 4) is 0 Å². The van der Waals surface area contributed by atoms with Gasteiger partial charge in [0.25, 0.3) is 0 Å². The van der Waals surface area contributed by atoms with Crippen molar-refractivity contribution < 1.29 is 9.63 Å². The summed E-state index contributed by atoms with van der Waals surface area (Å²) in [6.07, 6.45) is 16.2. The third-order valence-electron chi connectivity index (χ3n) is 5.76. The highest BCUT2D eigenvalue weighted by atomic mass is 16.7. The summed E-state index contributed by atoms with van der Waals surface area (Å²) in [6, 6.07) is 17.9. The number of anilines is 2. The molecule has 0 spiro atoms. The number of nitrogens with two attached hydrogens (primary N) is 1. The summed E-state index contributed by atoms with van der Waals surface area (Å²) in [4.78, 5) is 17.3. The molecule has 2 aromatic carbocycles. The number of rotatable bonds is 18. The van der Waals surface area contributed by atoms with Crippen LogP contribution in [-0.4, -0.2) is 12.5 Å². The van der Waals surface area contributed by atoms with Crippen LogP contribution in [0.25, 0.3) is 0 Å². The predicted octanol–water partition coefficient (Wildman–Crippen LogP) is 7.49. The summed E-state index contributed by atoms with van der Waals surface area (Å²) in [5.41, 5.74) is 8.16. The van der Waals surface area contributed by atoms with Crippen LogP contribution in [-0.2, 0) is 16.1 Å². The Balaban J connectivity index is 1.68. The number of unbranched alkanes of at least 4 members (excludes halogenated alkanes) is 11. The van der Waals surface area contributed by atoms with Gasteiger partial charge in [-0.1, -0.05) is 108 Å². The second kappa shape index (κ2) is 16.3. The molecule has 1 amide bonds. The Kier molecular flexibility index (Phi) is 13.2. The summed E-state index contributed by atoms with van der Waals surface area (Å²) >= 11 is 0. The van der Waals surface area contributed by atoms with E-state index in [0.717, 1.165) is 23.4 Å². The summed E-state index contributed by atoms with van der Waals surface area (Å²) in [5.74, 6) is -0.319. The molecule has 0 unspecified atom stereocenters. The van der Waals surface area contributed by atoms with Crippen LogP contribution in [0.3, 0.4) is 0 Å². The molecule has 0 aliphatic carbocycles. The molecule has 0 saturated heterocycles. The zero-order valence-electron chi connectivity index (χ0n) is 19.9. The van der Waals surface area contributed by atoms with Gasteiger partial charge in [0.05, 0.1) is 24.4 Å². The molecule has 0 radical (unpaired) electrons. The molecule has 0 aliphatic rings. The highest BCUT2D eigenvalue weighted by Crippen LogP contribution is 2.26. The van der Waals surface area contributed by atoms with Crippen LogP contribution in [0.5, 0.6) is 0 Å². The van der Waals surface area contributed by atoms with Crippen molar-refractivity contribution in [2.75, 3.05) is 11.7 Å². The number of hydrogen-bond donors (Lipinski definition) is 1. The summed E-state index contributed by atoms with van der Waals surface area (Å²) in [7, 11) is 0. The molecule has 32 heavy (non-hydrogen) atoms. The van der Waals surface area contributed by atoms with Crippen molar-refractivity contribution in [3.05, 3.63) is 60.2 Å². The minimum absolute atomic E-state index is 0.255. The lowest BCUT2D eigenvalue weighted by atomic mass is 10.1. The van der Waals surface area contributed by atoms with Gasteiger partial charge in [-0.25, -0.2) is 5.06 Å². The number of nitrogens with zero attached hydrogens (tertiary/aromatic N) is 1. The lowest BCUT2D eigenvalue weighted by Crippen LogP contribution is -2.18. The second-order valence-corrected chi connectivity index (χ2v) is 8.66. The molecule has 0 atom stereocenters.